The van der Waals surface area contributed by atoms with Crippen LogP contribution in [0.5, 0.6) is 5.75 Å². The summed E-state index contributed by atoms with van der Waals surface area (Å²) in [6.45, 7) is -0.732. The van der Waals surface area contributed by atoms with E-state index in [0.717, 1.165) is 16.4 Å². The van der Waals surface area contributed by atoms with Crippen LogP contribution in [0.4, 0.5) is 14.5 Å². The van der Waals surface area contributed by atoms with E-state index in [9.17, 15) is 22.0 Å². The maximum Gasteiger partial charge on any atom is 0.243 e. The molecule has 0 saturated carbocycles. The number of hydrogen-bond acceptors (Lipinski definition) is 4. The van der Waals surface area contributed by atoms with Gasteiger partial charge in [-0.1, -0.05) is 41.9 Å². The van der Waals surface area contributed by atoms with Gasteiger partial charge in [0.25, 0.3) is 0 Å². The van der Waals surface area contributed by atoms with Gasteiger partial charge in [0.1, 0.15) is 17.4 Å². The maximum atomic E-state index is 13.9. The van der Waals surface area contributed by atoms with E-state index in [2.05, 4.69) is 5.32 Å². The van der Waals surface area contributed by atoms with Gasteiger partial charge in [-0.25, -0.2) is 17.2 Å². The van der Waals surface area contributed by atoms with E-state index in [1.165, 1.54) is 25.3 Å². The highest BCUT2D eigenvalue weighted by Crippen LogP contribution is 2.29. The lowest BCUT2D eigenvalue weighted by molar-refractivity contribution is -0.116. The van der Waals surface area contributed by atoms with Crippen molar-refractivity contribution >= 4 is 33.2 Å². The molecule has 0 saturated heterocycles. The van der Waals surface area contributed by atoms with Crippen LogP contribution in [-0.4, -0.2) is 32.3 Å². The predicted octanol–water partition coefficient (Wildman–Crippen LogP) is 4.46. The molecule has 0 atom stereocenters. The molecule has 6 nitrogen and oxygen atoms in total. The molecule has 0 aliphatic carbocycles. The molecular weight excluding hydrogens is 462 g/mol. The van der Waals surface area contributed by atoms with Crippen LogP contribution in [0, 0.1) is 11.6 Å². The van der Waals surface area contributed by atoms with Crippen molar-refractivity contribution in [1.29, 1.82) is 0 Å². The number of nitrogens with zero attached hydrogens (tertiary/aromatic N) is 1. The molecule has 10 heteroatoms. The first-order valence-electron chi connectivity index (χ1n) is 9.33. The van der Waals surface area contributed by atoms with Crippen LogP contribution in [-0.2, 0) is 21.4 Å². The molecule has 32 heavy (non-hydrogen) atoms. The van der Waals surface area contributed by atoms with Crippen LogP contribution in [0.15, 0.2) is 71.6 Å². The van der Waals surface area contributed by atoms with Crippen LogP contribution in [0.3, 0.4) is 0 Å². The summed E-state index contributed by atoms with van der Waals surface area (Å²) in [6.07, 6.45) is 0. The standard InChI is InChI=1S/C22H19ClF2N2O4S/c1-31-21-10-8-17(12-18(21)23)32(29,30)27(13-15-5-3-2-4-6-15)14-22(28)26-20-9-7-16(24)11-19(20)25/h2-12H,13-14H2,1H3,(H,26,28). The maximum absolute atomic E-state index is 13.9. The number of benzene rings is 3. The molecule has 0 aliphatic heterocycles. The molecular formula is C22H19ClF2N2O4S. The van der Waals surface area contributed by atoms with E-state index >= 15 is 0 Å². The Morgan fingerprint density at radius 2 is 1.78 bits per heavy atom. The van der Waals surface area contributed by atoms with Gasteiger partial charge in [0.2, 0.25) is 15.9 Å². The number of rotatable bonds is 8. The number of nitrogens with one attached hydrogen (secondary N) is 1. The molecule has 0 aromatic heterocycles. The quantitative estimate of drug-likeness (QED) is 0.516. The second-order valence-electron chi connectivity index (χ2n) is 6.73. The average molecular weight is 481 g/mol. The van der Waals surface area contributed by atoms with Crippen molar-refractivity contribution in [1.82, 2.24) is 4.31 Å². The van der Waals surface area contributed by atoms with Crippen LogP contribution in [0.25, 0.3) is 0 Å². The summed E-state index contributed by atoms with van der Waals surface area (Å²) in [6, 6.07) is 15.3. The van der Waals surface area contributed by atoms with Gasteiger partial charge in [0.15, 0.2) is 0 Å². The average Bonchev–Trinajstić information content (AvgIpc) is 2.76. The number of ether oxygens (including phenoxy) is 1. The minimum absolute atomic E-state index is 0.0890. The Balaban J connectivity index is 1.90. The zero-order valence-electron chi connectivity index (χ0n) is 16.9. The van der Waals surface area contributed by atoms with E-state index in [4.69, 9.17) is 16.3 Å². The molecule has 3 aromatic rings. The predicted molar refractivity (Wildman–Crippen MR) is 117 cm³/mol. The largest absolute Gasteiger partial charge is 0.495 e. The lowest BCUT2D eigenvalue weighted by atomic mass is 10.2. The van der Waals surface area contributed by atoms with Gasteiger partial charge in [0.05, 0.1) is 29.3 Å². The molecule has 1 N–H and O–H groups in total. The Kier molecular flexibility index (Phi) is 7.44. The topological polar surface area (TPSA) is 75.7 Å². The van der Waals surface area contributed by atoms with Crippen molar-refractivity contribution in [2.75, 3.05) is 19.0 Å². The van der Waals surface area contributed by atoms with Crippen molar-refractivity contribution in [2.24, 2.45) is 0 Å². The summed E-state index contributed by atoms with van der Waals surface area (Å²) in [7, 11) is -2.77. The number of halogens is 3. The Labute approximate surface area is 189 Å². The molecule has 1 amide bonds. The fourth-order valence-electron chi connectivity index (χ4n) is 2.91. The highest BCUT2D eigenvalue weighted by Gasteiger charge is 2.28. The first-order chi connectivity index (χ1) is 15.2. The smallest absolute Gasteiger partial charge is 0.243 e. The summed E-state index contributed by atoms with van der Waals surface area (Å²) in [4.78, 5) is 12.4. The van der Waals surface area contributed by atoms with E-state index in [1.807, 2.05) is 0 Å². The van der Waals surface area contributed by atoms with Crippen LogP contribution >= 0.6 is 11.6 Å². The van der Waals surface area contributed by atoms with E-state index in [1.54, 1.807) is 30.3 Å². The summed E-state index contributed by atoms with van der Waals surface area (Å²) < 4.78 is 59.6. The zero-order valence-corrected chi connectivity index (χ0v) is 18.5. The van der Waals surface area contributed by atoms with Gasteiger partial charge in [-0.2, -0.15) is 4.31 Å². The molecule has 0 unspecified atom stereocenters. The monoisotopic (exact) mass is 480 g/mol. The number of amides is 1. The first kappa shape index (κ1) is 23.6. The highest BCUT2D eigenvalue weighted by molar-refractivity contribution is 7.89. The third-order valence-corrected chi connectivity index (χ3v) is 6.57. The normalized spacial score (nSPS) is 11.4. The second kappa shape index (κ2) is 10.1. The molecule has 0 heterocycles. The van der Waals surface area contributed by atoms with Gasteiger partial charge < -0.3 is 10.1 Å². The molecule has 0 spiro atoms. The lowest BCUT2D eigenvalue weighted by Gasteiger charge is -2.22. The summed E-state index contributed by atoms with van der Waals surface area (Å²) >= 11 is 6.08. The van der Waals surface area contributed by atoms with E-state index in [0.29, 0.717) is 17.4 Å². The Morgan fingerprint density at radius 1 is 1.06 bits per heavy atom. The van der Waals surface area contributed by atoms with Crippen molar-refractivity contribution < 1.29 is 26.7 Å². The molecule has 0 radical (unpaired) electrons. The summed E-state index contributed by atoms with van der Waals surface area (Å²) in [5.74, 6) is -2.28. The van der Waals surface area contributed by atoms with Crippen molar-refractivity contribution in [3.8, 4) is 5.75 Å². The van der Waals surface area contributed by atoms with E-state index in [-0.39, 0.29) is 22.2 Å². The number of sulfonamides is 1. The fourth-order valence-corrected chi connectivity index (χ4v) is 4.64. The van der Waals surface area contributed by atoms with Crippen LogP contribution in [0.2, 0.25) is 5.02 Å². The fraction of sp³-hybridized carbons (Fsp3) is 0.136. The second-order valence-corrected chi connectivity index (χ2v) is 9.07. The lowest BCUT2D eigenvalue weighted by Crippen LogP contribution is -2.37. The van der Waals surface area contributed by atoms with Crippen LogP contribution < -0.4 is 10.1 Å². The van der Waals surface area contributed by atoms with Crippen molar-refractivity contribution in [3.05, 3.63) is 89.0 Å². The Bertz CT molecular complexity index is 1220. The van der Waals surface area contributed by atoms with Crippen molar-refractivity contribution in [3.63, 3.8) is 0 Å². The van der Waals surface area contributed by atoms with Crippen LogP contribution in [0.1, 0.15) is 5.56 Å². The Hall–Kier alpha value is -3.01. The van der Waals surface area contributed by atoms with Gasteiger partial charge in [0, 0.05) is 12.6 Å². The van der Waals surface area contributed by atoms with Gasteiger partial charge in [-0.15, -0.1) is 0 Å². The molecule has 3 rings (SSSR count). The third-order valence-electron chi connectivity index (χ3n) is 4.49. The Morgan fingerprint density at radius 3 is 2.41 bits per heavy atom. The molecule has 0 bridgehead atoms. The number of carbonyl (C=O) groups excluding carboxylic acids is 1. The number of carbonyl (C=O) groups is 1. The number of hydrogen-bond donors (Lipinski definition) is 1. The zero-order chi connectivity index (χ0) is 23.3. The summed E-state index contributed by atoms with van der Waals surface area (Å²) in [5, 5.41) is 2.36. The SMILES string of the molecule is COc1ccc(S(=O)(=O)N(CC(=O)Nc2ccc(F)cc2F)Cc2ccccc2)cc1Cl. The first-order valence-corrected chi connectivity index (χ1v) is 11.1. The molecule has 0 fully saturated rings. The minimum Gasteiger partial charge on any atom is -0.495 e. The number of anilines is 1. The summed E-state index contributed by atoms with van der Waals surface area (Å²) in [5.41, 5.74) is 0.373. The van der Waals surface area contributed by atoms with E-state index < -0.39 is 34.1 Å². The van der Waals surface area contributed by atoms with Crippen molar-refractivity contribution in [2.45, 2.75) is 11.4 Å². The van der Waals surface area contributed by atoms with Gasteiger partial charge in [-0.05, 0) is 35.9 Å². The minimum atomic E-state index is -4.17. The van der Waals surface area contributed by atoms with Gasteiger partial charge >= 0.3 is 0 Å². The molecule has 3 aromatic carbocycles. The number of methoxy groups -OCH3 is 1. The molecule has 0 aliphatic rings. The highest BCUT2D eigenvalue weighted by atomic mass is 35.5. The van der Waals surface area contributed by atoms with Gasteiger partial charge in [-0.3, -0.25) is 4.79 Å². The third kappa shape index (κ3) is 5.61. The molecule has 168 valence electrons.